The standard InChI is InChI=1S/C14H16N2O2/c1-2-11-3-5-13(15-9-11)12-4-6-14(16-10-12)18-8-7-17/h3-6,9-10,17H,2,7-8H2,1H3. The highest BCUT2D eigenvalue weighted by atomic mass is 16.5. The second kappa shape index (κ2) is 6.12. The first-order chi connectivity index (χ1) is 8.83. The first-order valence-electron chi connectivity index (χ1n) is 5.98. The summed E-state index contributed by atoms with van der Waals surface area (Å²) in [5, 5.41) is 8.65. The Morgan fingerprint density at radius 3 is 2.56 bits per heavy atom. The number of aromatic nitrogens is 2. The largest absolute Gasteiger partial charge is 0.475 e. The van der Waals surface area contributed by atoms with E-state index in [0.717, 1.165) is 17.7 Å². The lowest BCUT2D eigenvalue weighted by Crippen LogP contribution is -2.02. The van der Waals surface area contributed by atoms with Crippen LogP contribution >= 0.6 is 0 Å². The molecular weight excluding hydrogens is 228 g/mol. The molecule has 0 spiro atoms. The van der Waals surface area contributed by atoms with E-state index in [4.69, 9.17) is 9.84 Å². The number of nitrogens with zero attached hydrogens (tertiary/aromatic N) is 2. The molecule has 2 rings (SSSR count). The molecule has 2 aromatic rings. The van der Waals surface area contributed by atoms with Crippen molar-refractivity contribution in [2.75, 3.05) is 13.2 Å². The van der Waals surface area contributed by atoms with Gasteiger partial charge in [-0.3, -0.25) is 4.98 Å². The minimum Gasteiger partial charge on any atom is -0.475 e. The maximum Gasteiger partial charge on any atom is 0.213 e. The predicted octanol–water partition coefficient (Wildman–Crippen LogP) is 2.08. The molecule has 94 valence electrons. The van der Waals surface area contributed by atoms with Gasteiger partial charge < -0.3 is 9.84 Å². The number of aliphatic hydroxyl groups excluding tert-OH is 1. The van der Waals surface area contributed by atoms with Crippen LogP contribution in [0, 0.1) is 0 Å². The van der Waals surface area contributed by atoms with E-state index >= 15 is 0 Å². The van der Waals surface area contributed by atoms with Gasteiger partial charge in [-0.25, -0.2) is 4.98 Å². The third-order valence-electron chi connectivity index (χ3n) is 2.61. The van der Waals surface area contributed by atoms with Crippen LogP contribution < -0.4 is 4.74 Å². The lowest BCUT2D eigenvalue weighted by molar-refractivity contribution is 0.196. The Hall–Kier alpha value is -1.94. The molecule has 0 saturated carbocycles. The molecule has 0 aliphatic rings. The highest BCUT2D eigenvalue weighted by molar-refractivity contribution is 5.58. The summed E-state index contributed by atoms with van der Waals surface area (Å²) in [6.07, 6.45) is 4.59. The summed E-state index contributed by atoms with van der Waals surface area (Å²) in [4.78, 5) is 8.55. The molecule has 2 aromatic heterocycles. The molecule has 18 heavy (non-hydrogen) atoms. The van der Waals surface area contributed by atoms with Gasteiger partial charge in [0, 0.05) is 24.0 Å². The Balaban J connectivity index is 2.12. The van der Waals surface area contributed by atoms with Crippen LogP contribution in [0.5, 0.6) is 5.88 Å². The molecule has 0 amide bonds. The summed E-state index contributed by atoms with van der Waals surface area (Å²) < 4.78 is 5.20. The van der Waals surface area contributed by atoms with E-state index in [1.165, 1.54) is 5.56 Å². The van der Waals surface area contributed by atoms with Gasteiger partial charge in [-0.1, -0.05) is 13.0 Å². The van der Waals surface area contributed by atoms with Gasteiger partial charge in [-0.15, -0.1) is 0 Å². The molecule has 0 aliphatic heterocycles. The zero-order valence-corrected chi connectivity index (χ0v) is 10.3. The minimum atomic E-state index is -0.0104. The van der Waals surface area contributed by atoms with Crippen molar-refractivity contribution in [3.8, 4) is 17.1 Å². The highest BCUT2D eigenvalue weighted by Gasteiger charge is 2.01. The van der Waals surface area contributed by atoms with E-state index in [2.05, 4.69) is 23.0 Å². The number of ether oxygens (including phenoxy) is 1. The monoisotopic (exact) mass is 244 g/mol. The molecule has 4 nitrogen and oxygen atoms in total. The fourth-order valence-corrected chi connectivity index (χ4v) is 1.57. The Bertz CT molecular complexity index is 480. The third-order valence-corrected chi connectivity index (χ3v) is 2.61. The lowest BCUT2D eigenvalue weighted by atomic mass is 10.1. The molecule has 0 aromatic carbocycles. The number of pyridine rings is 2. The zero-order valence-electron chi connectivity index (χ0n) is 10.3. The van der Waals surface area contributed by atoms with Gasteiger partial charge in [0.1, 0.15) is 6.61 Å². The van der Waals surface area contributed by atoms with Gasteiger partial charge in [-0.05, 0) is 24.1 Å². The summed E-state index contributed by atoms with van der Waals surface area (Å²) in [7, 11) is 0. The highest BCUT2D eigenvalue weighted by Crippen LogP contribution is 2.18. The molecule has 4 heteroatoms. The van der Waals surface area contributed by atoms with Crippen LogP contribution in [0.1, 0.15) is 12.5 Å². The minimum absolute atomic E-state index is 0.0104. The molecule has 0 saturated heterocycles. The van der Waals surface area contributed by atoms with Crippen LogP contribution in [-0.4, -0.2) is 28.3 Å². The molecule has 0 aliphatic carbocycles. The maximum absolute atomic E-state index is 8.65. The van der Waals surface area contributed by atoms with Crippen molar-refractivity contribution in [1.29, 1.82) is 0 Å². The van der Waals surface area contributed by atoms with Crippen molar-refractivity contribution >= 4 is 0 Å². The molecule has 0 atom stereocenters. The fourth-order valence-electron chi connectivity index (χ4n) is 1.57. The van der Waals surface area contributed by atoms with E-state index in [-0.39, 0.29) is 13.2 Å². The first-order valence-corrected chi connectivity index (χ1v) is 5.98. The molecule has 2 heterocycles. The number of hydrogen-bond donors (Lipinski definition) is 1. The summed E-state index contributed by atoms with van der Waals surface area (Å²) in [5.41, 5.74) is 3.07. The molecule has 0 radical (unpaired) electrons. The Kier molecular flexibility index (Phi) is 4.25. The molecule has 1 N–H and O–H groups in total. The molecular formula is C14H16N2O2. The number of hydrogen-bond acceptors (Lipinski definition) is 4. The van der Waals surface area contributed by atoms with Crippen molar-refractivity contribution in [3.63, 3.8) is 0 Å². The summed E-state index contributed by atoms with van der Waals surface area (Å²) in [5.74, 6) is 0.512. The summed E-state index contributed by atoms with van der Waals surface area (Å²) >= 11 is 0. The van der Waals surface area contributed by atoms with Crippen molar-refractivity contribution in [3.05, 3.63) is 42.2 Å². The van der Waals surface area contributed by atoms with Gasteiger partial charge in [-0.2, -0.15) is 0 Å². The van der Waals surface area contributed by atoms with E-state index in [0.29, 0.717) is 5.88 Å². The number of aliphatic hydroxyl groups is 1. The van der Waals surface area contributed by atoms with Crippen LogP contribution in [0.15, 0.2) is 36.7 Å². The predicted molar refractivity (Wildman–Crippen MR) is 69.4 cm³/mol. The van der Waals surface area contributed by atoms with E-state index < -0.39 is 0 Å². The van der Waals surface area contributed by atoms with Crippen LogP contribution in [-0.2, 0) is 6.42 Å². The normalized spacial score (nSPS) is 10.3. The topological polar surface area (TPSA) is 55.2 Å². The van der Waals surface area contributed by atoms with Crippen LogP contribution in [0.25, 0.3) is 11.3 Å². The van der Waals surface area contributed by atoms with Gasteiger partial charge in [0.05, 0.1) is 12.3 Å². The average molecular weight is 244 g/mol. The summed E-state index contributed by atoms with van der Waals surface area (Å²) in [6, 6.07) is 7.75. The Morgan fingerprint density at radius 1 is 1.11 bits per heavy atom. The quantitative estimate of drug-likeness (QED) is 0.874. The Morgan fingerprint density at radius 2 is 2.00 bits per heavy atom. The van der Waals surface area contributed by atoms with Crippen molar-refractivity contribution in [2.45, 2.75) is 13.3 Å². The van der Waals surface area contributed by atoms with Crippen LogP contribution in [0.3, 0.4) is 0 Å². The van der Waals surface area contributed by atoms with Gasteiger partial charge >= 0.3 is 0 Å². The van der Waals surface area contributed by atoms with E-state index in [1.807, 2.05) is 18.3 Å². The van der Waals surface area contributed by atoms with Crippen molar-refractivity contribution < 1.29 is 9.84 Å². The number of aryl methyl sites for hydroxylation is 1. The SMILES string of the molecule is CCc1ccc(-c2ccc(OCCO)nc2)nc1. The second-order valence-electron chi connectivity index (χ2n) is 3.86. The average Bonchev–Trinajstić information content (AvgIpc) is 2.46. The third kappa shape index (κ3) is 3.05. The van der Waals surface area contributed by atoms with Gasteiger partial charge in [0.2, 0.25) is 5.88 Å². The second-order valence-corrected chi connectivity index (χ2v) is 3.86. The lowest BCUT2D eigenvalue weighted by Gasteiger charge is -2.05. The molecule has 0 fully saturated rings. The summed E-state index contributed by atoms with van der Waals surface area (Å²) in [6.45, 7) is 2.35. The Labute approximate surface area is 106 Å². The van der Waals surface area contributed by atoms with Gasteiger partial charge in [0.25, 0.3) is 0 Å². The fraction of sp³-hybridized carbons (Fsp3) is 0.286. The van der Waals surface area contributed by atoms with E-state index in [9.17, 15) is 0 Å². The van der Waals surface area contributed by atoms with Crippen LogP contribution in [0.2, 0.25) is 0 Å². The first kappa shape index (κ1) is 12.5. The smallest absolute Gasteiger partial charge is 0.213 e. The zero-order chi connectivity index (χ0) is 12.8. The molecule has 0 unspecified atom stereocenters. The molecule has 0 bridgehead atoms. The van der Waals surface area contributed by atoms with Crippen LogP contribution in [0.4, 0.5) is 0 Å². The van der Waals surface area contributed by atoms with E-state index in [1.54, 1.807) is 12.3 Å². The van der Waals surface area contributed by atoms with Crippen molar-refractivity contribution in [1.82, 2.24) is 9.97 Å². The van der Waals surface area contributed by atoms with Gasteiger partial charge in [0.15, 0.2) is 0 Å². The van der Waals surface area contributed by atoms with Crippen molar-refractivity contribution in [2.24, 2.45) is 0 Å². The maximum atomic E-state index is 8.65. The number of rotatable bonds is 5.